The first kappa shape index (κ1) is 8.44. The molecule has 3 nitrogen and oxygen atoms in total. The second-order valence-electron chi connectivity index (χ2n) is 2.81. The van der Waals surface area contributed by atoms with Crippen LogP contribution in [-0.2, 0) is 4.74 Å². The Morgan fingerprint density at radius 1 is 1.62 bits per heavy atom. The SMILES string of the molecule is O=C(C1=COCCC1)c1cncs1. The average molecular weight is 195 g/mol. The van der Waals surface area contributed by atoms with E-state index in [9.17, 15) is 4.79 Å². The number of ether oxygens (including phenoxy) is 1. The van der Waals surface area contributed by atoms with Gasteiger partial charge < -0.3 is 4.74 Å². The summed E-state index contributed by atoms with van der Waals surface area (Å²) in [6.45, 7) is 0.722. The topological polar surface area (TPSA) is 39.2 Å². The fraction of sp³-hybridized carbons (Fsp3) is 0.333. The van der Waals surface area contributed by atoms with E-state index in [1.54, 1.807) is 18.0 Å². The van der Waals surface area contributed by atoms with Crippen molar-refractivity contribution in [1.82, 2.24) is 4.98 Å². The van der Waals surface area contributed by atoms with Gasteiger partial charge in [-0.05, 0) is 12.8 Å². The van der Waals surface area contributed by atoms with Crippen LogP contribution in [0.1, 0.15) is 22.5 Å². The van der Waals surface area contributed by atoms with Crippen molar-refractivity contribution < 1.29 is 9.53 Å². The molecule has 1 aliphatic rings. The maximum absolute atomic E-state index is 11.7. The minimum absolute atomic E-state index is 0.0576. The van der Waals surface area contributed by atoms with Gasteiger partial charge in [0, 0.05) is 11.8 Å². The first-order chi connectivity index (χ1) is 6.38. The van der Waals surface area contributed by atoms with E-state index in [1.165, 1.54) is 11.3 Å². The van der Waals surface area contributed by atoms with Gasteiger partial charge in [0.25, 0.3) is 0 Å². The molecule has 13 heavy (non-hydrogen) atoms. The number of hydrogen-bond acceptors (Lipinski definition) is 4. The molecule has 0 radical (unpaired) electrons. The molecule has 1 aromatic heterocycles. The van der Waals surface area contributed by atoms with Crippen LogP contribution in [0.4, 0.5) is 0 Å². The van der Waals surface area contributed by atoms with Gasteiger partial charge in [-0.1, -0.05) is 0 Å². The van der Waals surface area contributed by atoms with Crippen LogP contribution in [0.3, 0.4) is 0 Å². The van der Waals surface area contributed by atoms with Crippen molar-refractivity contribution >= 4 is 17.1 Å². The van der Waals surface area contributed by atoms with Crippen LogP contribution in [-0.4, -0.2) is 17.4 Å². The molecule has 0 aromatic carbocycles. The van der Waals surface area contributed by atoms with Gasteiger partial charge in [0.1, 0.15) is 0 Å². The van der Waals surface area contributed by atoms with Crippen molar-refractivity contribution in [2.45, 2.75) is 12.8 Å². The maximum atomic E-state index is 11.7. The molecule has 68 valence electrons. The third-order valence-electron chi connectivity index (χ3n) is 1.88. The molecule has 0 saturated carbocycles. The van der Waals surface area contributed by atoms with E-state index in [0.29, 0.717) is 4.88 Å². The van der Waals surface area contributed by atoms with Gasteiger partial charge in [-0.2, -0.15) is 0 Å². The molecular formula is C9H9NO2S. The van der Waals surface area contributed by atoms with E-state index in [1.807, 2.05) is 0 Å². The fourth-order valence-electron chi connectivity index (χ4n) is 1.22. The first-order valence-corrected chi connectivity index (χ1v) is 5.00. The lowest BCUT2D eigenvalue weighted by atomic mass is 10.1. The number of allylic oxidation sites excluding steroid dienone is 1. The van der Waals surface area contributed by atoms with Crippen molar-refractivity contribution in [2.24, 2.45) is 0 Å². The minimum Gasteiger partial charge on any atom is -0.501 e. The standard InChI is InChI=1S/C9H9NO2S/c11-9(8-4-10-6-13-8)7-2-1-3-12-5-7/h4-6H,1-3H2. The molecule has 0 N–H and O–H groups in total. The van der Waals surface area contributed by atoms with Gasteiger partial charge in [0.05, 0.1) is 23.3 Å². The molecule has 0 fully saturated rings. The number of hydrogen-bond donors (Lipinski definition) is 0. The van der Waals surface area contributed by atoms with Crippen LogP contribution in [0.15, 0.2) is 23.5 Å². The predicted octanol–water partition coefficient (Wildman–Crippen LogP) is 2.02. The van der Waals surface area contributed by atoms with E-state index in [-0.39, 0.29) is 5.78 Å². The molecule has 0 unspecified atom stereocenters. The van der Waals surface area contributed by atoms with Crippen LogP contribution in [0.2, 0.25) is 0 Å². The van der Waals surface area contributed by atoms with E-state index in [0.717, 1.165) is 25.0 Å². The summed E-state index contributed by atoms with van der Waals surface area (Å²) < 4.78 is 5.10. The zero-order valence-corrected chi connectivity index (χ0v) is 7.84. The van der Waals surface area contributed by atoms with Gasteiger partial charge in [-0.15, -0.1) is 11.3 Å². The van der Waals surface area contributed by atoms with Gasteiger partial charge in [0.2, 0.25) is 5.78 Å². The Balaban J connectivity index is 2.17. The van der Waals surface area contributed by atoms with Crippen LogP contribution >= 0.6 is 11.3 Å². The summed E-state index contributed by atoms with van der Waals surface area (Å²) in [5, 5.41) is 0. The summed E-state index contributed by atoms with van der Waals surface area (Å²) in [6, 6.07) is 0. The Hall–Kier alpha value is -1.16. The molecule has 0 saturated heterocycles. The van der Waals surface area contributed by atoms with Gasteiger partial charge >= 0.3 is 0 Å². The van der Waals surface area contributed by atoms with Crippen LogP contribution in [0.25, 0.3) is 0 Å². The Morgan fingerprint density at radius 2 is 2.54 bits per heavy atom. The summed E-state index contributed by atoms with van der Waals surface area (Å²) >= 11 is 1.37. The fourth-order valence-corrected chi connectivity index (χ4v) is 1.81. The zero-order chi connectivity index (χ0) is 9.10. The highest BCUT2D eigenvalue weighted by Crippen LogP contribution is 2.19. The Morgan fingerprint density at radius 3 is 3.15 bits per heavy atom. The Labute approximate surface area is 80.1 Å². The molecule has 0 aliphatic carbocycles. The first-order valence-electron chi connectivity index (χ1n) is 4.12. The van der Waals surface area contributed by atoms with Crippen LogP contribution in [0.5, 0.6) is 0 Å². The molecule has 0 atom stereocenters. The Kier molecular flexibility index (Phi) is 2.40. The molecule has 2 heterocycles. The summed E-state index contributed by atoms with van der Waals surface area (Å²) in [6.07, 6.45) is 4.92. The van der Waals surface area contributed by atoms with Crippen LogP contribution in [0, 0.1) is 0 Å². The number of carbonyl (C=O) groups is 1. The molecule has 2 rings (SSSR count). The van der Waals surface area contributed by atoms with Crippen LogP contribution < -0.4 is 0 Å². The smallest absolute Gasteiger partial charge is 0.203 e. The summed E-state index contributed by atoms with van der Waals surface area (Å²) in [7, 11) is 0. The van der Waals surface area contributed by atoms with Crippen molar-refractivity contribution in [3.63, 3.8) is 0 Å². The Bertz CT molecular complexity index is 329. The molecule has 1 aromatic rings. The number of aromatic nitrogens is 1. The highest BCUT2D eigenvalue weighted by molar-refractivity contribution is 7.11. The highest BCUT2D eigenvalue weighted by atomic mass is 32.1. The lowest BCUT2D eigenvalue weighted by Crippen LogP contribution is -2.07. The quantitative estimate of drug-likeness (QED) is 0.678. The number of rotatable bonds is 2. The second-order valence-corrected chi connectivity index (χ2v) is 3.70. The third-order valence-corrected chi connectivity index (χ3v) is 2.65. The number of thiazole rings is 1. The van der Waals surface area contributed by atoms with Crippen molar-refractivity contribution in [3.8, 4) is 0 Å². The maximum Gasteiger partial charge on any atom is 0.203 e. The average Bonchev–Trinajstić information content (AvgIpc) is 2.71. The van der Waals surface area contributed by atoms with Crippen molar-refractivity contribution in [3.05, 3.63) is 28.4 Å². The summed E-state index contributed by atoms with van der Waals surface area (Å²) in [4.78, 5) is 16.2. The number of nitrogens with zero attached hydrogens (tertiary/aromatic N) is 1. The molecule has 1 aliphatic heterocycles. The van der Waals surface area contributed by atoms with Crippen molar-refractivity contribution in [1.29, 1.82) is 0 Å². The summed E-state index contributed by atoms with van der Waals surface area (Å²) in [5.41, 5.74) is 2.42. The van der Waals surface area contributed by atoms with Crippen molar-refractivity contribution in [2.75, 3.05) is 6.61 Å². The lowest BCUT2D eigenvalue weighted by Gasteiger charge is -2.11. The molecule has 4 heteroatoms. The van der Waals surface area contributed by atoms with E-state index < -0.39 is 0 Å². The normalized spacial score (nSPS) is 16.2. The third kappa shape index (κ3) is 1.78. The van der Waals surface area contributed by atoms with Gasteiger partial charge in [0.15, 0.2) is 0 Å². The largest absolute Gasteiger partial charge is 0.501 e. The lowest BCUT2D eigenvalue weighted by molar-refractivity contribution is 0.101. The van der Waals surface area contributed by atoms with Gasteiger partial charge in [-0.3, -0.25) is 9.78 Å². The predicted molar refractivity (Wildman–Crippen MR) is 49.7 cm³/mol. The monoisotopic (exact) mass is 195 g/mol. The molecule has 0 spiro atoms. The van der Waals surface area contributed by atoms with Gasteiger partial charge in [-0.25, -0.2) is 0 Å². The minimum atomic E-state index is 0.0576. The molecule has 0 amide bonds. The highest BCUT2D eigenvalue weighted by Gasteiger charge is 2.16. The second kappa shape index (κ2) is 3.70. The van der Waals surface area contributed by atoms with E-state index in [2.05, 4.69) is 4.98 Å². The zero-order valence-electron chi connectivity index (χ0n) is 7.03. The van der Waals surface area contributed by atoms with E-state index in [4.69, 9.17) is 4.74 Å². The number of carbonyl (C=O) groups excluding carboxylic acids is 1. The molecular weight excluding hydrogens is 186 g/mol. The van der Waals surface area contributed by atoms with E-state index >= 15 is 0 Å². The number of ketones is 1. The molecule has 0 bridgehead atoms. The number of Topliss-reactive ketones (excluding diaryl/α,β-unsaturated/α-hetero) is 1. The summed E-state index contributed by atoms with van der Waals surface area (Å²) in [5.74, 6) is 0.0576.